The molecule has 3 amide bonds. The van der Waals surface area contributed by atoms with Crippen molar-refractivity contribution in [2.75, 3.05) is 46.4 Å². The number of rotatable bonds is 1. The lowest BCUT2D eigenvalue weighted by Gasteiger charge is -2.36. The lowest BCUT2D eigenvalue weighted by molar-refractivity contribution is -0.125. The lowest BCUT2D eigenvalue weighted by Crippen LogP contribution is -2.51. The second-order valence-electron chi connectivity index (χ2n) is 4.76. The predicted octanol–water partition coefficient (Wildman–Crippen LogP) is -0.103. The van der Waals surface area contributed by atoms with Crippen LogP contribution in [0, 0.1) is 5.92 Å². The number of hydrogen-bond donors (Lipinski definition) is 1. The summed E-state index contributed by atoms with van der Waals surface area (Å²) in [6.07, 6.45) is 1.52. The van der Waals surface area contributed by atoms with E-state index in [9.17, 15) is 9.59 Å². The van der Waals surface area contributed by atoms with Gasteiger partial charge in [0.25, 0.3) is 0 Å². The maximum atomic E-state index is 12.2. The summed E-state index contributed by atoms with van der Waals surface area (Å²) < 4.78 is 5.23. The van der Waals surface area contributed by atoms with Crippen molar-refractivity contribution in [1.82, 2.24) is 15.1 Å². The Balaban J connectivity index is 1.81. The van der Waals surface area contributed by atoms with Crippen LogP contribution in [0.4, 0.5) is 4.79 Å². The third-order valence-electron chi connectivity index (χ3n) is 3.66. The molecule has 0 atom stereocenters. The van der Waals surface area contributed by atoms with Crippen LogP contribution in [0.2, 0.25) is 0 Å². The van der Waals surface area contributed by atoms with Crippen LogP contribution in [0.25, 0.3) is 0 Å². The fourth-order valence-electron chi connectivity index (χ4n) is 2.49. The number of ether oxygens (including phenoxy) is 1. The molecule has 2 rings (SSSR count). The van der Waals surface area contributed by atoms with Gasteiger partial charge in [0.2, 0.25) is 5.91 Å². The van der Waals surface area contributed by atoms with Crippen LogP contribution in [-0.4, -0.2) is 68.2 Å². The number of morpholine rings is 1. The molecule has 0 radical (unpaired) electrons. The molecule has 18 heavy (non-hydrogen) atoms. The van der Waals surface area contributed by atoms with E-state index in [1.807, 2.05) is 9.80 Å². The summed E-state index contributed by atoms with van der Waals surface area (Å²) in [5.41, 5.74) is 0. The fraction of sp³-hybridized carbons (Fsp3) is 0.833. The largest absolute Gasteiger partial charge is 0.378 e. The minimum Gasteiger partial charge on any atom is -0.378 e. The highest BCUT2D eigenvalue weighted by Crippen LogP contribution is 2.18. The number of piperidine rings is 1. The molecule has 1 N–H and O–H groups in total. The average Bonchev–Trinajstić information content (AvgIpc) is 2.47. The zero-order valence-corrected chi connectivity index (χ0v) is 10.9. The van der Waals surface area contributed by atoms with Gasteiger partial charge in [0.05, 0.1) is 13.2 Å². The van der Waals surface area contributed by atoms with Gasteiger partial charge in [-0.15, -0.1) is 0 Å². The first-order valence-electron chi connectivity index (χ1n) is 6.55. The number of amides is 3. The van der Waals surface area contributed by atoms with Crippen LogP contribution < -0.4 is 5.32 Å². The van der Waals surface area contributed by atoms with Crippen molar-refractivity contribution < 1.29 is 14.3 Å². The van der Waals surface area contributed by atoms with Crippen molar-refractivity contribution in [2.45, 2.75) is 12.8 Å². The molecule has 102 valence electrons. The second kappa shape index (κ2) is 6.04. The SMILES string of the molecule is CNC(=O)C1CCN(C(=O)N2CCOCC2)CC1. The summed E-state index contributed by atoms with van der Waals surface area (Å²) in [4.78, 5) is 27.4. The Morgan fingerprint density at radius 2 is 1.61 bits per heavy atom. The van der Waals surface area contributed by atoms with Crippen molar-refractivity contribution in [2.24, 2.45) is 5.92 Å². The summed E-state index contributed by atoms with van der Waals surface area (Å²) >= 11 is 0. The number of urea groups is 1. The standard InChI is InChI=1S/C12H21N3O3/c1-13-11(16)10-2-4-14(5-3-10)12(17)15-6-8-18-9-7-15/h10H,2-9H2,1H3,(H,13,16). The van der Waals surface area contributed by atoms with Crippen molar-refractivity contribution in [3.63, 3.8) is 0 Å². The number of likely N-dealkylation sites (tertiary alicyclic amines) is 1. The summed E-state index contributed by atoms with van der Waals surface area (Å²) in [5, 5.41) is 2.67. The summed E-state index contributed by atoms with van der Waals surface area (Å²) in [6.45, 7) is 3.95. The molecule has 6 nitrogen and oxygen atoms in total. The number of carbonyl (C=O) groups excluding carboxylic acids is 2. The van der Waals surface area contributed by atoms with Gasteiger partial charge >= 0.3 is 6.03 Å². The van der Waals surface area contributed by atoms with Crippen LogP contribution in [0.1, 0.15) is 12.8 Å². The van der Waals surface area contributed by atoms with E-state index in [-0.39, 0.29) is 17.9 Å². The average molecular weight is 255 g/mol. The molecule has 2 heterocycles. The second-order valence-corrected chi connectivity index (χ2v) is 4.76. The van der Waals surface area contributed by atoms with Gasteiger partial charge in [-0.3, -0.25) is 4.79 Å². The number of nitrogens with zero attached hydrogens (tertiary/aromatic N) is 2. The van der Waals surface area contributed by atoms with Crippen molar-refractivity contribution in [3.05, 3.63) is 0 Å². The molecule has 0 spiro atoms. The monoisotopic (exact) mass is 255 g/mol. The van der Waals surface area contributed by atoms with Gasteiger partial charge in [-0.25, -0.2) is 4.79 Å². The summed E-state index contributed by atoms with van der Waals surface area (Å²) in [7, 11) is 1.66. The third kappa shape index (κ3) is 2.93. The Labute approximate surface area is 107 Å². The van der Waals surface area contributed by atoms with E-state index >= 15 is 0 Å². The van der Waals surface area contributed by atoms with E-state index in [4.69, 9.17) is 4.74 Å². The highest BCUT2D eigenvalue weighted by atomic mass is 16.5. The fourth-order valence-corrected chi connectivity index (χ4v) is 2.49. The minimum atomic E-state index is 0.0590. The first-order chi connectivity index (χ1) is 8.72. The first-order valence-corrected chi connectivity index (χ1v) is 6.55. The van der Waals surface area contributed by atoms with E-state index in [0.29, 0.717) is 39.4 Å². The molecule has 2 aliphatic heterocycles. The van der Waals surface area contributed by atoms with Crippen LogP contribution in [0.5, 0.6) is 0 Å². The molecular formula is C12H21N3O3. The zero-order valence-electron chi connectivity index (χ0n) is 10.9. The smallest absolute Gasteiger partial charge is 0.320 e. The van der Waals surface area contributed by atoms with Crippen molar-refractivity contribution in [3.8, 4) is 0 Å². The molecule has 0 bridgehead atoms. The van der Waals surface area contributed by atoms with Crippen LogP contribution in [0.3, 0.4) is 0 Å². The third-order valence-corrected chi connectivity index (χ3v) is 3.66. The number of carbonyl (C=O) groups is 2. The maximum Gasteiger partial charge on any atom is 0.320 e. The van der Waals surface area contributed by atoms with Gasteiger partial charge in [0.1, 0.15) is 0 Å². The molecular weight excluding hydrogens is 234 g/mol. The Hall–Kier alpha value is -1.30. The van der Waals surface area contributed by atoms with Crippen molar-refractivity contribution in [1.29, 1.82) is 0 Å². The topological polar surface area (TPSA) is 61.9 Å². The Kier molecular flexibility index (Phi) is 4.41. The van der Waals surface area contributed by atoms with Crippen LogP contribution in [-0.2, 0) is 9.53 Å². The summed E-state index contributed by atoms with van der Waals surface area (Å²) in [5.74, 6) is 0.150. The number of nitrogens with one attached hydrogen (secondary N) is 1. The lowest BCUT2D eigenvalue weighted by atomic mass is 9.96. The van der Waals surface area contributed by atoms with E-state index in [2.05, 4.69) is 5.32 Å². The quantitative estimate of drug-likeness (QED) is 0.711. The van der Waals surface area contributed by atoms with Gasteiger partial charge in [0, 0.05) is 39.1 Å². The van der Waals surface area contributed by atoms with Gasteiger partial charge in [0.15, 0.2) is 0 Å². The Morgan fingerprint density at radius 3 is 2.17 bits per heavy atom. The van der Waals surface area contributed by atoms with E-state index < -0.39 is 0 Å². The molecule has 0 aliphatic carbocycles. The van der Waals surface area contributed by atoms with Gasteiger partial charge in [-0.2, -0.15) is 0 Å². The summed E-state index contributed by atoms with van der Waals surface area (Å²) in [6, 6.07) is 0.0913. The molecule has 0 aromatic carbocycles. The van der Waals surface area contributed by atoms with Gasteiger partial charge in [-0.1, -0.05) is 0 Å². The van der Waals surface area contributed by atoms with Crippen LogP contribution >= 0.6 is 0 Å². The zero-order chi connectivity index (χ0) is 13.0. The molecule has 2 fully saturated rings. The van der Waals surface area contributed by atoms with E-state index in [1.54, 1.807) is 7.05 Å². The molecule has 6 heteroatoms. The molecule has 0 aromatic heterocycles. The Bertz CT molecular complexity index is 308. The van der Waals surface area contributed by atoms with Crippen LogP contribution in [0.15, 0.2) is 0 Å². The van der Waals surface area contributed by atoms with E-state index in [1.165, 1.54) is 0 Å². The molecule has 0 aromatic rings. The minimum absolute atomic E-state index is 0.0590. The Morgan fingerprint density at radius 1 is 1.06 bits per heavy atom. The molecule has 2 aliphatic rings. The number of hydrogen-bond acceptors (Lipinski definition) is 3. The highest BCUT2D eigenvalue weighted by molar-refractivity contribution is 5.79. The van der Waals surface area contributed by atoms with Gasteiger partial charge in [-0.05, 0) is 12.8 Å². The van der Waals surface area contributed by atoms with E-state index in [0.717, 1.165) is 12.8 Å². The maximum absolute atomic E-state index is 12.2. The highest BCUT2D eigenvalue weighted by Gasteiger charge is 2.29. The normalized spacial score (nSPS) is 21.8. The predicted molar refractivity (Wildman–Crippen MR) is 66.2 cm³/mol. The van der Waals surface area contributed by atoms with Crippen molar-refractivity contribution >= 4 is 11.9 Å². The van der Waals surface area contributed by atoms with Gasteiger partial charge < -0.3 is 19.9 Å². The molecule has 0 unspecified atom stereocenters. The first kappa shape index (κ1) is 13.1. The molecule has 2 saturated heterocycles. The molecule has 0 saturated carbocycles.